The standard InChI is InChI=1S/C15H16Cl2N2O4/c1-18(4-3-5-23-2)13(20)8-19-14(21)9-6-11(16)12(17)7-10(9)15(19)22/h6-7H,3-5,8H2,1-2H3. The molecule has 1 aliphatic rings. The third-order valence-corrected chi connectivity index (χ3v) is 4.29. The molecule has 0 bridgehead atoms. The topological polar surface area (TPSA) is 66.9 Å². The number of imide groups is 1. The van der Waals surface area contributed by atoms with Crippen molar-refractivity contribution in [3.63, 3.8) is 0 Å². The molecule has 0 atom stereocenters. The van der Waals surface area contributed by atoms with Gasteiger partial charge in [0.05, 0.1) is 21.2 Å². The molecule has 1 aromatic carbocycles. The highest BCUT2D eigenvalue weighted by atomic mass is 35.5. The van der Waals surface area contributed by atoms with Crippen molar-refractivity contribution in [1.29, 1.82) is 0 Å². The van der Waals surface area contributed by atoms with Crippen molar-refractivity contribution in [3.8, 4) is 0 Å². The van der Waals surface area contributed by atoms with Crippen LogP contribution < -0.4 is 0 Å². The van der Waals surface area contributed by atoms with E-state index in [0.29, 0.717) is 19.6 Å². The normalized spacial score (nSPS) is 13.5. The van der Waals surface area contributed by atoms with Crippen LogP contribution in [0.3, 0.4) is 0 Å². The second-order valence-electron chi connectivity index (χ2n) is 5.17. The minimum atomic E-state index is -0.540. The minimum Gasteiger partial charge on any atom is -0.385 e. The first-order valence-electron chi connectivity index (χ1n) is 6.95. The summed E-state index contributed by atoms with van der Waals surface area (Å²) in [6.07, 6.45) is 0.673. The maximum atomic E-state index is 12.3. The number of methoxy groups -OCH3 is 1. The van der Waals surface area contributed by atoms with Crippen molar-refractivity contribution in [1.82, 2.24) is 9.80 Å². The van der Waals surface area contributed by atoms with Crippen LogP contribution in [-0.2, 0) is 9.53 Å². The molecule has 0 fully saturated rings. The molecule has 0 aliphatic carbocycles. The molecular formula is C15H16Cl2N2O4. The Morgan fingerprint density at radius 2 is 1.70 bits per heavy atom. The van der Waals surface area contributed by atoms with Crippen molar-refractivity contribution in [2.45, 2.75) is 6.42 Å². The van der Waals surface area contributed by atoms with Gasteiger partial charge < -0.3 is 9.64 Å². The Balaban J connectivity index is 2.09. The zero-order valence-corrected chi connectivity index (χ0v) is 14.3. The summed E-state index contributed by atoms with van der Waals surface area (Å²) in [5, 5.41) is 0.382. The van der Waals surface area contributed by atoms with E-state index in [1.807, 2.05) is 0 Å². The average molecular weight is 359 g/mol. The van der Waals surface area contributed by atoms with Gasteiger partial charge in [0.25, 0.3) is 11.8 Å². The van der Waals surface area contributed by atoms with Gasteiger partial charge in [0.1, 0.15) is 6.54 Å². The van der Waals surface area contributed by atoms with Crippen molar-refractivity contribution >= 4 is 40.9 Å². The van der Waals surface area contributed by atoms with Crippen molar-refractivity contribution < 1.29 is 19.1 Å². The molecule has 0 radical (unpaired) electrons. The van der Waals surface area contributed by atoms with E-state index >= 15 is 0 Å². The number of halogens is 2. The van der Waals surface area contributed by atoms with Crippen molar-refractivity contribution in [3.05, 3.63) is 33.3 Å². The fourth-order valence-corrected chi connectivity index (χ4v) is 2.58. The van der Waals surface area contributed by atoms with E-state index < -0.39 is 11.8 Å². The van der Waals surface area contributed by atoms with E-state index in [1.165, 1.54) is 17.0 Å². The number of fused-ring (bicyclic) bond motifs is 1. The van der Waals surface area contributed by atoms with E-state index in [-0.39, 0.29) is 33.6 Å². The van der Waals surface area contributed by atoms with E-state index in [9.17, 15) is 14.4 Å². The van der Waals surface area contributed by atoms with E-state index in [2.05, 4.69) is 0 Å². The van der Waals surface area contributed by atoms with Gasteiger partial charge in [-0.3, -0.25) is 19.3 Å². The third-order valence-electron chi connectivity index (χ3n) is 3.57. The summed E-state index contributed by atoms with van der Waals surface area (Å²) in [5.74, 6) is -1.41. The highest BCUT2D eigenvalue weighted by Gasteiger charge is 2.37. The first-order valence-corrected chi connectivity index (χ1v) is 7.70. The number of ether oxygens (including phenoxy) is 1. The molecular weight excluding hydrogens is 343 g/mol. The first kappa shape index (κ1) is 17.7. The van der Waals surface area contributed by atoms with Crippen LogP contribution in [0, 0.1) is 0 Å². The van der Waals surface area contributed by atoms with Gasteiger partial charge in [0.15, 0.2) is 0 Å². The van der Waals surface area contributed by atoms with Crippen LogP contribution in [0.2, 0.25) is 10.0 Å². The van der Waals surface area contributed by atoms with Crippen LogP contribution in [-0.4, -0.2) is 61.4 Å². The number of amides is 3. The lowest BCUT2D eigenvalue weighted by Crippen LogP contribution is -2.41. The van der Waals surface area contributed by atoms with Crippen LogP contribution in [0.1, 0.15) is 27.1 Å². The van der Waals surface area contributed by atoms with Crippen LogP contribution in [0.5, 0.6) is 0 Å². The summed E-state index contributed by atoms with van der Waals surface area (Å²) in [4.78, 5) is 39.1. The molecule has 1 aliphatic heterocycles. The monoisotopic (exact) mass is 358 g/mol. The van der Waals surface area contributed by atoms with Crippen LogP contribution in [0.15, 0.2) is 12.1 Å². The fraction of sp³-hybridized carbons (Fsp3) is 0.400. The number of nitrogens with zero attached hydrogens (tertiary/aromatic N) is 2. The molecule has 124 valence electrons. The van der Waals surface area contributed by atoms with Gasteiger partial charge in [-0.05, 0) is 18.6 Å². The van der Waals surface area contributed by atoms with E-state index in [0.717, 1.165) is 4.90 Å². The molecule has 1 aromatic rings. The summed E-state index contributed by atoms with van der Waals surface area (Å²) in [5.41, 5.74) is 0.332. The Morgan fingerprint density at radius 3 is 2.17 bits per heavy atom. The predicted molar refractivity (Wildman–Crippen MR) is 86.0 cm³/mol. The molecule has 6 nitrogen and oxygen atoms in total. The second-order valence-corrected chi connectivity index (χ2v) is 5.98. The van der Waals surface area contributed by atoms with Gasteiger partial charge in [-0.1, -0.05) is 23.2 Å². The SMILES string of the molecule is COCCCN(C)C(=O)CN1C(=O)c2cc(Cl)c(Cl)cc2C1=O. The first-order chi connectivity index (χ1) is 10.9. The lowest BCUT2D eigenvalue weighted by atomic mass is 10.1. The smallest absolute Gasteiger partial charge is 0.262 e. The largest absolute Gasteiger partial charge is 0.385 e. The predicted octanol–water partition coefficient (Wildman–Crippen LogP) is 2.08. The Bertz CT molecular complexity index is 622. The Labute approximate surface area is 143 Å². The maximum absolute atomic E-state index is 12.3. The average Bonchev–Trinajstić information content (AvgIpc) is 2.73. The lowest BCUT2D eigenvalue weighted by molar-refractivity contribution is -0.130. The molecule has 0 N–H and O–H groups in total. The third kappa shape index (κ3) is 3.65. The van der Waals surface area contributed by atoms with Gasteiger partial charge in [0, 0.05) is 27.3 Å². The molecule has 2 rings (SSSR count). The Kier molecular flexibility index (Phi) is 5.62. The highest BCUT2D eigenvalue weighted by molar-refractivity contribution is 6.43. The fourth-order valence-electron chi connectivity index (χ4n) is 2.25. The maximum Gasteiger partial charge on any atom is 0.262 e. The molecule has 3 amide bonds. The van der Waals surface area contributed by atoms with Crippen LogP contribution in [0.4, 0.5) is 0 Å². The second kappa shape index (κ2) is 7.29. The number of benzene rings is 1. The molecule has 8 heteroatoms. The van der Waals surface area contributed by atoms with E-state index in [4.69, 9.17) is 27.9 Å². The Morgan fingerprint density at radius 1 is 1.17 bits per heavy atom. The molecule has 1 heterocycles. The number of hydrogen-bond acceptors (Lipinski definition) is 4. The Hall–Kier alpha value is -1.63. The number of likely N-dealkylation sites (N-methyl/N-ethyl adjacent to an activating group) is 1. The van der Waals surface area contributed by atoms with Crippen LogP contribution >= 0.6 is 23.2 Å². The summed E-state index contributed by atoms with van der Waals surface area (Å²) in [6, 6.07) is 2.71. The zero-order valence-electron chi connectivity index (χ0n) is 12.8. The summed E-state index contributed by atoms with van der Waals surface area (Å²) in [6.45, 7) is 0.695. The highest BCUT2D eigenvalue weighted by Crippen LogP contribution is 2.31. The molecule has 0 aromatic heterocycles. The van der Waals surface area contributed by atoms with Gasteiger partial charge in [0.2, 0.25) is 5.91 Å². The number of carbonyl (C=O) groups is 3. The quantitative estimate of drug-likeness (QED) is 0.576. The van der Waals surface area contributed by atoms with Gasteiger partial charge in [-0.2, -0.15) is 0 Å². The summed E-state index contributed by atoms with van der Waals surface area (Å²) < 4.78 is 4.92. The number of carbonyl (C=O) groups excluding carboxylic acids is 3. The summed E-state index contributed by atoms with van der Waals surface area (Å²) in [7, 11) is 3.20. The number of rotatable bonds is 6. The number of hydrogen-bond donors (Lipinski definition) is 0. The minimum absolute atomic E-state index is 0.166. The molecule has 0 saturated carbocycles. The molecule has 23 heavy (non-hydrogen) atoms. The van der Waals surface area contributed by atoms with Crippen molar-refractivity contribution in [2.24, 2.45) is 0 Å². The lowest BCUT2D eigenvalue weighted by Gasteiger charge is -2.20. The van der Waals surface area contributed by atoms with Crippen molar-refractivity contribution in [2.75, 3.05) is 33.9 Å². The van der Waals surface area contributed by atoms with E-state index in [1.54, 1.807) is 14.2 Å². The van der Waals surface area contributed by atoms with Gasteiger partial charge in [-0.15, -0.1) is 0 Å². The van der Waals surface area contributed by atoms with Gasteiger partial charge >= 0.3 is 0 Å². The summed E-state index contributed by atoms with van der Waals surface area (Å²) >= 11 is 11.8. The molecule has 0 spiro atoms. The molecule has 0 saturated heterocycles. The van der Waals surface area contributed by atoms with Gasteiger partial charge in [-0.25, -0.2) is 0 Å². The van der Waals surface area contributed by atoms with Crippen LogP contribution in [0.25, 0.3) is 0 Å². The zero-order chi connectivity index (χ0) is 17.1. The molecule has 0 unspecified atom stereocenters.